The molecular weight excluding hydrogens is 237 g/mol. The van der Waals surface area contributed by atoms with E-state index in [2.05, 4.69) is 15.3 Å². The number of methoxy groups -OCH3 is 1. The lowest BCUT2D eigenvalue weighted by atomic mass is 9.93. The highest BCUT2D eigenvalue weighted by Gasteiger charge is 2.38. The number of anilines is 1. The second kappa shape index (κ2) is 5.16. The Labute approximate surface area is 106 Å². The summed E-state index contributed by atoms with van der Waals surface area (Å²) in [5.74, 6) is 0.316. The van der Waals surface area contributed by atoms with Crippen LogP contribution in [0.2, 0.25) is 0 Å². The number of rotatable bonds is 3. The van der Waals surface area contributed by atoms with Crippen molar-refractivity contribution >= 4 is 5.82 Å². The first-order valence-electron chi connectivity index (χ1n) is 5.98. The average Bonchev–Trinajstić information content (AvgIpc) is 2.42. The van der Waals surface area contributed by atoms with Crippen LogP contribution < -0.4 is 5.32 Å². The van der Waals surface area contributed by atoms with Crippen molar-refractivity contribution in [2.75, 3.05) is 32.7 Å². The van der Waals surface area contributed by atoms with E-state index in [1.807, 2.05) is 0 Å². The normalized spacial score (nSPS) is 18.7. The van der Waals surface area contributed by atoms with Crippen LogP contribution in [-0.4, -0.2) is 37.3 Å². The molecule has 1 saturated heterocycles. The molecule has 5 nitrogen and oxygen atoms in total. The lowest BCUT2D eigenvalue weighted by Gasteiger charge is -2.34. The zero-order valence-corrected chi connectivity index (χ0v) is 10.9. The van der Waals surface area contributed by atoms with Crippen LogP contribution in [0.4, 0.5) is 10.2 Å². The first kappa shape index (κ1) is 13.2. The summed E-state index contributed by atoms with van der Waals surface area (Å²) in [6, 6.07) is 0. The summed E-state index contributed by atoms with van der Waals surface area (Å²) < 4.78 is 24.7. The molecule has 0 aromatic carbocycles. The molecule has 1 fully saturated rings. The Balaban J connectivity index is 2.45. The van der Waals surface area contributed by atoms with Crippen LogP contribution in [0, 0.1) is 12.7 Å². The molecule has 0 saturated carbocycles. The summed E-state index contributed by atoms with van der Waals surface area (Å²) >= 11 is 0. The van der Waals surface area contributed by atoms with Crippen LogP contribution in [0.3, 0.4) is 0 Å². The Morgan fingerprint density at radius 3 is 2.56 bits per heavy atom. The van der Waals surface area contributed by atoms with Crippen LogP contribution in [0.5, 0.6) is 0 Å². The lowest BCUT2D eigenvalue weighted by Crippen LogP contribution is -2.37. The number of nitrogens with zero attached hydrogens (tertiary/aromatic N) is 2. The minimum absolute atomic E-state index is 0.209. The maximum absolute atomic E-state index is 13.7. The van der Waals surface area contributed by atoms with Crippen LogP contribution in [-0.2, 0) is 15.1 Å². The lowest BCUT2D eigenvalue weighted by molar-refractivity contribution is -0.100. The van der Waals surface area contributed by atoms with Gasteiger partial charge in [0.1, 0.15) is 5.60 Å². The zero-order valence-electron chi connectivity index (χ0n) is 10.9. The summed E-state index contributed by atoms with van der Waals surface area (Å²) in [5, 5.41) is 2.74. The number of halogens is 1. The summed E-state index contributed by atoms with van der Waals surface area (Å²) in [4.78, 5) is 8.48. The summed E-state index contributed by atoms with van der Waals surface area (Å²) in [6.45, 7) is 2.83. The molecule has 0 atom stereocenters. The van der Waals surface area contributed by atoms with Crippen molar-refractivity contribution in [3.05, 3.63) is 17.3 Å². The largest absolute Gasteiger partial charge is 0.381 e. The van der Waals surface area contributed by atoms with Crippen LogP contribution in [0.1, 0.15) is 24.4 Å². The van der Waals surface area contributed by atoms with E-state index < -0.39 is 11.4 Å². The molecule has 1 aliphatic rings. The smallest absolute Gasteiger partial charge is 0.186 e. The molecule has 1 aromatic heterocycles. The molecule has 1 aliphatic heterocycles. The van der Waals surface area contributed by atoms with Crippen molar-refractivity contribution in [3.8, 4) is 0 Å². The van der Waals surface area contributed by atoms with Gasteiger partial charge in [0, 0.05) is 40.2 Å². The Morgan fingerprint density at radius 2 is 2.00 bits per heavy atom. The van der Waals surface area contributed by atoms with Crippen molar-refractivity contribution in [1.82, 2.24) is 9.97 Å². The van der Waals surface area contributed by atoms with E-state index >= 15 is 0 Å². The van der Waals surface area contributed by atoms with E-state index in [1.54, 1.807) is 21.1 Å². The molecule has 1 N–H and O–H groups in total. The fourth-order valence-electron chi connectivity index (χ4n) is 2.15. The van der Waals surface area contributed by atoms with Gasteiger partial charge in [0.05, 0.1) is 5.69 Å². The molecule has 6 heteroatoms. The van der Waals surface area contributed by atoms with Gasteiger partial charge in [-0.05, 0) is 6.92 Å². The Kier molecular flexibility index (Phi) is 3.77. The maximum atomic E-state index is 13.7. The third kappa shape index (κ3) is 2.18. The second-order valence-corrected chi connectivity index (χ2v) is 4.36. The summed E-state index contributed by atoms with van der Waals surface area (Å²) in [5.41, 5.74) is -0.241. The topological polar surface area (TPSA) is 56.3 Å². The maximum Gasteiger partial charge on any atom is 0.186 e. The molecule has 0 aliphatic carbocycles. The predicted molar refractivity (Wildman–Crippen MR) is 65.0 cm³/mol. The molecule has 18 heavy (non-hydrogen) atoms. The van der Waals surface area contributed by atoms with Crippen molar-refractivity contribution < 1.29 is 13.9 Å². The highest BCUT2D eigenvalue weighted by Crippen LogP contribution is 2.34. The number of ether oxygens (including phenoxy) is 2. The molecule has 100 valence electrons. The van der Waals surface area contributed by atoms with Gasteiger partial charge in [0.15, 0.2) is 17.5 Å². The number of aryl methyl sites for hydroxylation is 1. The van der Waals surface area contributed by atoms with Crippen molar-refractivity contribution in [3.63, 3.8) is 0 Å². The van der Waals surface area contributed by atoms with Crippen molar-refractivity contribution in [1.29, 1.82) is 0 Å². The average molecular weight is 255 g/mol. The van der Waals surface area contributed by atoms with Gasteiger partial charge in [0.25, 0.3) is 0 Å². The Morgan fingerprint density at radius 1 is 1.33 bits per heavy atom. The van der Waals surface area contributed by atoms with Gasteiger partial charge in [0.2, 0.25) is 0 Å². The fourth-order valence-corrected chi connectivity index (χ4v) is 2.15. The van der Waals surface area contributed by atoms with Crippen molar-refractivity contribution in [2.24, 2.45) is 0 Å². The van der Waals surface area contributed by atoms with Crippen LogP contribution in [0.25, 0.3) is 0 Å². The van der Waals surface area contributed by atoms with E-state index in [0.717, 1.165) is 0 Å². The standard InChI is InChI=1S/C12H18FN3O2/c1-8-9(13)10(14-2)16-11(15-8)12(17-3)4-6-18-7-5-12/h4-7H2,1-3H3,(H,14,15,16). The number of hydrogen-bond donors (Lipinski definition) is 1. The highest BCUT2D eigenvalue weighted by atomic mass is 19.1. The molecule has 1 aromatic rings. The number of hydrogen-bond acceptors (Lipinski definition) is 5. The predicted octanol–water partition coefficient (Wildman–Crippen LogP) is 1.62. The zero-order chi connectivity index (χ0) is 13.2. The van der Waals surface area contributed by atoms with E-state index in [0.29, 0.717) is 37.6 Å². The molecule has 2 heterocycles. The van der Waals surface area contributed by atoms with Crippen molar-refractivity contribution in [2.45, 2.75) is 25.4 Å². The van der Waals surface area contributed by atoms with Gasteiger partial charge < -0.3 is 14.8 Å². The SMILES string of the molecule is CNc1nc(C2(OC)CCOCC2)nc(C)c1F. The van der Waals surface area contributed by atoms with Gasteiger partial charge in [-0.1, -0.05) is 0 Å². The van der Waals surface area contributed by atoms with E-state index in [4.69, 9.17) is 9.47 Å². The highest BCUT2D eigenvalue weighted by molar-refractivity contribution is 5.38. The van der Waals surface area contributed by atoms with E-state index in [9.17, 15) is 4.39 Å². The molecular formula is C12H18FN3O2. The molecule has 0 amide bonds. The van der Waals surface area contributed by atoms with Gasteiger partial charge in [-0.15, -0.1) is 0 Å². The minimum atomic E-state index is -0.567. The molecule has 0 spiro atoms. The third-order valence-electron chi connectivity index (χ3n) is 3.35. The minimum Gasteiger partial charge on any atom is -0.381 e. The van der Waals surface area contributed by atoms with E-state index in [1.165, 1.54) is 0 Å². The number of aromatic nitrogens is 2. The van der Waals surface area contributed by atoms with Gasteiger partial charge in [-0.25, -0.2) is 14.4 Å². The third-order valence-corrected chi connectivity index (χ3v) is 3.35. The monoisotopic (exact) mass is 255 g/mol. The molecule has 0 bridgehead atoms. The summed E-state index contributed by atoms with van der Waals surface area (Å²) in [6.07, 6.45) is 1.36. The summed E-state index contributed by atoms with van der Waals surface area (Å²) in [7, 11) is 3.27. The van der Waals surface area contributed by atoms with Gasteiger partial charge >= 0.3 is 0 Å². The Bertz CT molecular complexity index is 434. The molecule has 2 rings (SSSR count). The quantitative estimate of drug-likeness (QED) is 0.889. The van der Waals surface area contributed by atoms with Gasteiger partial charge in [-0.3, -0.25) is 0 Å². The van der Waals surface area contributed by atoms with Crippen LogP contribution >= 0.6 is 0 Å². The Hall–Kier alpha value is -1.27. The molecule has 0 radical (unpaired) electrons. The first-order chi connectivity index (χ1) is 8.63. The second-order valence-electron chi connectivity index (χ2n) is 4.36. The fraction of sp³-hybridized carbons (Fsp3) is 0.667. The van der Waals surface area contributed by atoms with Gasteiger partial charge in [-0.2, -0.15) is 0 Å². The first-order valence-corrected chi connectivity index (χ1v) is 5.98. The molecule has 0 unspecified atom stereocenters. The van der Waals surface area contributed by atoms with Crippen LogP contribution in [0.15, 0.2) is 0 Å². The number of nitrogens with one attached hydrogen (secondary N) is 1. The van der Waals surface area contributed by atoms with E-state index in [-0.39, 0.29) is 5.82 Å².